The molecule has 0 saturated carbocycles. The maximum atomic E-state index is 12.2. The summed E-state index contributed by atoms with van der Waals surface area (Å²) in [4.78, 5) is 28.8. The lowest BCUT2D eigenvalue weighted by Gasteiger charge is -2.05. The van der Waals surface area contributed by atoms with Crippen molar-refractivity contribution in [2.24, 2.45) is 0 Å². The Hall–Kier alpha value is -2.58. The number of furan rings is 1. The maximum absolute atomic E-state index is 12.2. The van der Waals surface area contributed by atoms with E-state index in [0.717, 1.165) is 0 Å². The van der Waals surface area contributed by atoms with E-state index in [0.29, 0.717) is 41.1 Å². The third-order valence-electron chi connectivity index (χ3n) is 4.25. The van der Waals surface area contributed by atoms with Gasteiger partial charge in [0.1, 0.15) is 11.5 Å². The zero-order chi connectivity index (χ0) is 20.8. The number of benzene rings is 1. The Morgan fingerprint density at radius 3 is 2.76 bits per heavy atom. The third kappa shape index (κ3) is 6.20. The molecule has 0 aliphatic rings. The minimum Gasteiger partial charge on any atom is -0.458 e. The second kappa shape index (κ2) is 9.76. The Bertz CT molecular complexity index is 1010. The van der Waals surface area contributed by atoms with Crippen molar-refractivity contribution in [2.75, 3.05) is 11.1 Å². The second-order valence-corrected chi connectivity index (χ2v) is 8.63. The number of aryl methyl sites for hydroxylation is 2. The molecule has 152 valence electrons. The summed E-state index contributed by atoms with van der Waals surface area (Å²) in [6.45, 7) is 5.97. The number of hydrogen-bond donors (Lipinski definition) is 2. The van der Waals surface area contributed by atoms with Gasteiger partial charge in [-0.3, -0.25) is 9.59 Å². The lowest BCUT2D eigenvalue weighted by atomic mass is 10.1. The van der Waals surface area contributed by atoms with Crippen LogP contribution in [0.2, 0.25) is 0 Å². The number of nitrogens with one attached hydrogen (secondary N) is 2. The fourth-order valence-corrected chi connectivity index (χ4v) is 4.18. The van der Waals surface area contributed by atoms with Gasteiger partial charge in [0, 0.05) is 29.4 Å². The Balaban J connectivity index is 1.48. The van der Waals surface area contributed by atoms with Crippen LogP contribution in [-0.2, 0) is 16.1 Å². The summed E-state index contributed by atoms with van der Waals surface area (Å²) in [5.41, 5.74) is 3.18. The van der Waals surface area contributed by atoms with Crippen LogP contribution in [0.5, 0.6) is 0 Å². The highest BCUT2D eigenvalue weighted by molar-refractivity contribution is 7.99. The molecule has 0 saturated heterocycles. The summed E-state index contributed by atoms with van der Waals surface area (Å²) < 4.78 is 5.68. The summed E-state index contributed by atoms with van der Waals surface area (Å²) in [7, 11) is 0. The molecule has 2 aromatic heterocycles. The maximum Gasteiger partial charge on any atom is 0.226 e. The molecule has 0 unspecified atom stereocenters. The largest absolute Gasteiger partial charge is 0.458 e. The first-order valence-corrected chi connectivity index (χ1v) is 11.1. The molecule has 0 aliphatic carbocycles. The molecule has 0 atom stereocenters. The van der Waals surface area contributed by atoms with Crippen molar-refractivity contribution in [3.63, 3.8) is 0 Å². The molecule has 0 radical (unpaired) electrons. The number of hydrogen-bond acceptors (Lipinski definition) is 6. The van der Waals surface area contributed by atoms with Gasteiger partial charge in [-0.2, -0.15) is 0 Å². The zero-order valence-corrected chi connectivity index (χ0v) is 18.2. The Morgan fingerprint density at radius 1 is 1.17 bits per heavy atom. The van der Waals surface area contributed by atoms with Crippen molar-refractivity contribution in [1.29, 1.82) is 0 Å². The number of carbonyl (C=O) groups excluding carboxylic acids is 2. The predicted molar refractivity (Wildman–Crippen MR) is 117 cm³/mol. The SMILES string of the molecule is CC(=O)NCc1ccc(-c2csc(NC(=O)CCSc3ccc(C)c(C)c3)n2)o1. The van der Waals surface area contributed by atoms with Crippen molar-refractivity contribution in [2.45, 2.75) is 38.6 Å². The number of carbonyl (C=O) groups is 2. The minimum absolute atomic E-state index is 0.0620. The lowest BCUT2D eigenvalue weighted by Crippen LogP contribution is -2.18. The monoisotopic (exact) mass is 429 g/mol. The van der Waals surface area contributed by atoms with Crippen molar-refractivity contribution in [3.8, 4) is 11.5 Å². The molecule has 0 fully saturated rings. The highest BCUT2D eigenvalue weighted by Crippen LogP contribution is 2.27. The Kier molecular flexibility index (Phi) is 7.11. The van der Waals surface area contributed by atoms with Crippen LogP contribution in [0.3, 0.4) is 0 Å². The topological polar surface area (TPSA) is 84.2 Å². The quantitative estimate of drug-likeness (QED) is 0.504. The molecule has 2 amide bonds. The number of aromatic nitrogens is 1. The molecule has 8 heteroatoms. The van der Waals surface area contributed by atoms with Gasteiger partial charge in [-0.1, -0.05) is 6.07 Å². The standard InChI is InChI=1S/C21H23N3O3S2/c1-13-4-6-17(10-14(13)2)28-9-8-20(26)24-21-23-18(12-29-21)19-7-5-16(27-19)11-22-15(3)25/h4-7,10,12H,8-9,11H2,1-3H3,(H,22,25)(H,23,24,26). The smallest absolute Gasteiger partial charge is 0.226 e. The summed E-state index contributed by atoms with van der Waals surface area (Å²) in [5.74, 6) is 1.78. The highest BCUT2D eigenvalue weighted by Gasteiger charge is 2.11. The Labute approximate surface area is 178 Å². The van der Waals surface area contributed by atoms with E-state index in [-0.39, 0.29) is 11.8 Å². The third-order valence-corrected chi connectivity index (χ3v) is 6.01. The molecule has 29 heavy (non-hydrogen) atoms. The van der Waals surface area contributed by atoms with E-state index >= 15 is 0 Å². The average Bonchev–Trinajstić information content (AvgIpc) is 3.32. The van der Waals surface area contributed by atoms with E-state index in [9.17, 15) is 9.59 Å². The van der Waals surface area contributed by atoms with E-state index in [1.54, 1.807) is 23.9 Å². The summed E-state index contributed by atoms with van der Waals surface area (Å²) in [5, 5.41) is 7.90. The van der Waals surface area contributed by atoms with Gasteiger partial charge < -0.3 is 15.1 Å². The van der Waals surface area contributed by atoms with Crippen LogP contribution in [0.1, 0.15) is 30.2 Å². The first-order chi connectivity index (χ1) is 13.9. The first kappa shape index (κ1) is 21.1. The number of thioether (sulfide) groups is 1. The second-order valence-electron chi connectivity index (χ2n) is 6.61. The fourth-order valence-electron chi connectivity index (χ4n) is 2.51. The molecule has 2 N–H and O–H groups in total. The predicted octanol–water partition coefficient (Wildman–Crippen LogP) is 4.78. The number of rotatable bonds is 8. The normalized spacial score (nSPS) is 10.7. The molecule has 0 aliphatic heterocycles. The molecule has 0 spiro atoms. The van der Waals surface area contributed by atoms with Crippen molar-refractivity contribution >= 4 is 40.0 Å². The van der Waals surface area contributed by atoms with Gasteiger partial charge in [0.15, 0.2) is 10.9 Å². The van der Waals surface area contributed by atoms with Gasteiger partial charge in [-0.05, 0) is 49.2 Å². The van der Waals surface area contributed by atoms with Gasteiger partial charge >= 0.3 is 0 Å². The van der Waals surface area contributed by atoms with Crippen molar-refractivity contribution < 1.29 is 14.0 Å². The molecular formula is C21H23N3O3S2. The Morgan fingerprint density at radius 2 is 2.00 bits per heavy atom. The number of nitrogens with zero attached hydrogens (tertiary/aromatic N) is 1. The minimum atomic E-state index is -0.114. The molecule has 0 bridgehead atoms. The summed E-state index contributed by atoms with van der Waals surface area (Å²) >= 11 is 3.02. The van der Waals surface area contributed by atoms with Crippen LogP contribution >= 0.6 is 23.1 Å². The van der Waals surface area contributed by atoms with E-state index in [1.165, 1.54) is 34.3 Å². The van der Waals surface area contributed by atoms with Crippen molar-refractivity contribution in [3.05, 3.63) is 52.6 Å². The molecular weight excluding hydrogens is 406 g/mol. The van der Waals surface area contributed by atoms with Crippen LogP contribution in [-0.4, -0.2) is 22.6 Å². The average molecular weight is 430 g/mol. The van der Waals surface area contributed by atoms with Crippen LogP contribution < -0.4 is 10.6 Å². The van der Waals surface area contributed by atoms with E-state index in [2.05, 4.69) is 47.7 Å². The molecule has 6 nitrogen and oxygen atoms in total. The van der Waals surface area contributed by atoms with Gasteiger partial charge in [-0.25, -0.2) is 4.98 Å². The lowest BCUT2D eigenvalue weighted by molar-refractivity contribution is -0.119. The van der Waals surface area contributed by atoms with Crippen LogP contribution in [0.15, 0.2) is 45.0 Å². The zero-order valence-electron chi connectivity index (χ0n) is 16.6. The van der Waals surface area contributed by atoms with E-state index < -0.39 is 0 Å². The first-order valence-electron chi connectivity index (χ1n) is 9.19. The fraction of sp³-hybridized carbons (Fsp3) is 0.286. The summed E-state index contributed by atoms with van der Waals surface area (Å²) in [6, 6.07) is 9.94. The highest BCUT2D eigenvalue weighted by atomic mass is 32.2. The summed E-state index contributed by atoms with van der Waals surface area (Å²) in [6.07, 6.45) is 0.411. The van der Waals surface area contributed by atoms with E-state index in [1.807, 2.05) is 5.38 Å². The number of amides is 2. The van der Waals surface area contributed by atoms with Gasteiger partial charge in [0.05, 0.1) is 6.54 Å². The molecule has 3 rings (SSSR count). The van der Waals surface area contributed by atoms with Gasteiger partial charge in [0.25, 0.3) is 0 Å². The van der Waals surface area contributed by atoms with Gasteiger partial charge in [0.2, 0.25) is 11.8 Å². The number of thiazole rings is 1. The van der Waals surface area contributed by atoms with Gasteiger partial charge in [-0.15, -0.1) is 23.1 Å². The number of anilines is 1. The van der Waals surface area contributed by atoms with E-state index in [4.69, 9.17) is 4.42 Å². The van der Waals surface area contributed by atoms with Crippen LogP contribution in [0.25, 0.3) is 11.5 Å². The molecule has 3 aromatic rings. The molecule has 2 heterocycles. The molecule has 1 aromatic carbocycles. The van der Waals surface area contributed by atoms with Crippen LogP contribution in [0, 0.1) is 13.8 Å². The van der Waals surface area contributed by atoms with Crippen LogP contribution in [0.4, 0.5) is 5.13 Å². The van der Waals surface area contributed by atoms with Crippen molar-refractivity contribution in [1.82, 2.24) is 10.3 Å².